The van der Waals surface area contributed by atoms with Gasteiger partial charge in [-0.15, -0.1) is 0 Å². The fraction of sp³-hybridized carbons (Fsp3) is 0.250. The van der Waals surface area contributed by atoms with Crippen molar-refractivity contribution >= 4 is 0 Å². The Hall–Kier alpha value is -1.62. The Morgan fingerprint density at radius 3 is 3.15 bits per heavy atom. The highest BCUT2D eigenvalue weighted by Gasteiger charge is 2.09. The van der Waals surface area contributed by atoms with E-state index in [4.69, 9.17) is 10.2 Å². The standard InChI is InChI=1S/C8H10N4O/c9-7(8-3-13-5-12-8)1-6-2-10-4-11-6/h2-5,7H,1,9H2,(H,10,11)/t7-/m0/s1. The number of H-pyrrole nitrogens is 1. The Bertz CT molecular complexity index is 340. The van der Waals surface area contributed by atoms with Gasteiger partial charge in [0.15, 0.2) is 6.39 Å². The number of hydrogen-bond acceptors (Lipinski definition) is 4. The lowest BCUT2D eigenvalue weighted by molar-refractivity contribution is 0.553. The van der Waals surface area contributed by atoms with E-state index in [1.165, 1.54) is 6.39 Å². The first-order chi connectivity index (χ1) is 6.36. The topological polar surface area (TPSA) is 80.7 Å². The van der Waals surface area contributed by atoms with Crippen molar-refractivity contribution in [2.24, 2.45) is 5.73 Å². The van der Waals surface area contributed by atoms with Crippen LogP contribution in [0.4, 0.5) is 0 Å². The number of nitrogens with one attached hydrogen (secondary N) is 1. The van der Waals surface area contributed by atoms with Crippen LogP contribution in [0.3, 0.4) is 0 Å². The van der Waals surface area contributed by atoms with E-state index in [1.54, 1.807) is 18.8 Å². The zero-order valence-corrected chi connectivity index (χ0v) is 6.97. The Morgan fingerprint density at radius 1 is 1.62 bits per heavy atom. The van der Waals surface area contributed by atoms with Crippen LogP contribution in [0.1, 0.15) is 17.4 Å². The Morgan fingerprint density at radius 2 is 2.54 bits per heavy atom. The normalized spacial score (nSPS) is 13.0. The second-order valence-electron chi connectivity index (χ2n) is 2.80. The summed E-state index contributed by atoms with van der Waals surface area (Å²) in [6.45, 7) is 0. The van der Waals surface area contributed by atoms with Crippen molar-refractivity contribution in [2.45, 2.75) is 12.5 Å². The van der Waals surface area contributed by atoms with Crippen LogP contribution < -0.4 is 5.73 Å². The summed E-state index contributed by atoms with van der Waals surface area (Å²) in [5, 5.41) is 0. The summed E-state index contributed by atoms with van der Waals surface area (Å²) < 4.78 is 4.84. The third-order valence-electron chi connectivity index (χ3n) is 1.83. The zero-order chi connectivity index (χ0) is 9.10. The number of oxazole rings is 1. The van der Waals surface area contributed by atoms with Gasteiger partial charge in [0.05, 0.1) is 18.1 Å². The van der Waals surface area contributed by atoms with E-state index >= 15 is 0 Å². The molecule has 1 atom stereocenters. The fourth-order valence-corrected chi connectivity index (χ4v) is 1.14. The third kappa shape index (κ3) is 1.75. The molecule has 0 radical (unpaired) electrons. The number of hydrogen-bond donors (Lipinski definition) is 2. The molecule has 2 rings (SSSR count). The minimum absolute atomic E-state index is 0.140. The maximum absolute atomic E-state index is 5.86. The van der Waals surface area contributed by atoms with Gasteiger partial charge in [0, 0.05) is 18.3 Å². The van der Waals surface area contributed by atoms with Crippen LogP contribution in [0.15, 0.2) is 29.6 Å². The van der Waals surface area contributed by atoms with E-state index in [9.17, 15) is 0 Å². The number of aromatic amines is 1. The minimum atomic E-state index is -0.140. The van der Waals surface area contributed by atoms with Gasteiger partial charge in [0.1, 0.15) is 6.26 Å². The molecule has 5 heteroatoms. The van der Waals surface area contributed by atoms with Crippen molar-refractivity contribution < 1.29 is 4.42 Å². The molecule has 2 aromatic heterocycles. The van der Waals surface area contributed by atoms with Crippen molar-refractivity contribution in [3.8, 4) is 0 Å². The smallest absolute Gasteiger partial charge is 0.180 e. The van der Waals surface area contributed by atoms with Gasteiger partial charge in [0.25, 0.3) is 0 Å². The number of imidazole rings is 1. The van der Waals surface area contributed by atoms with E-state index in [0.29, 0.717) is 6.42 Å². The molecule has 0 aliphatic carbocycles. The molecule has 0 amide bonds. The quantitative estimate of drug-likeness (QED) is 0.722. The predicted molar refractivity (Wildman–Crippen MR) is 45.7 cm³/mol. The maximum atomic E-state index is 5.86. The summed E-state index contributed by atoms with van der Waals surface area (Å²) in [4.78, 5) is 10.9. The average Bonchev–Trinajstić information content (AvgIpc) is 2.74. The van der Waals surface area contributed by atoms with E-state index in [2.05, 4.69) is 15.0 Å². The summed E-state index contributed by atoms with van der Waals surface area (Å²) in [7, 11) is 0. The van der Waals surface area contributed by atoms with Crippen LogP contribution in [0.25, 0.3) is 0 Å². The number of aromatic nitrogens is 3. The minimum Gasteiger partial charge on any atom is -0.451 e. The number of nitrogens with two attached hydrogens (primary N) is 1. The number of nitrogens with zero attached hydrogens (tertiary/aromatic N) is 2. The zero-order valence-electron chi connectivity index (χ0n) is 6.97. The molecule has 3 N–H and O–H groups in total. The Kier molecular flexibility index (Phi) is 2.09. The molecular formula is C8H10N4O. The lowest BCUT2D eigenvalue weighted by atomic mass is 10.1. The van der Waals surface area contributed by atoms with Gasteiger partial charge in [-0.2, -0.15) is 0 Å². The molecule has 2 aromatic rings. The highest BCUT2D eigenvalue weighted by molar-refractivity contribution is 5.05. The van der Waals surface area contributed by atoms with Crippen LogP contribution in [-0.2, 0) is 6.42 Å². The molecule has 0 aliphatic heterocycles. The molecule has 0 fully saturated rings. The summed E-state index contributed by atoms with van der Waals surface area (Å²) in [5.74, 6) is 0. The van der Waals surface area contributed by atoms with E-state index < -0.39 is 0 Å². The van der Waals surface area contributed by atoms with Gasteiger partial charge in [-0.25, -0.2) is 9.97 Å². The van der Waals surface area contributed by atoms with Crippen molar-refractivity contribution in [1.82, 2.24) is 15.0 Å². The largest absolute Gasteiger partial charge is 0.451 e. The van der Waals surface area contributed by atoms with Crippen molar-refractivity contribution in [1.29, 1.82) is 0 Å². The molecule has 0 aromatic carbocycles. The van der Waals surface area contributed by atoms with Gasteiger partial charge in [0.2, 0.25) is 0 Å². The SMILES string of the molecule is N[C@@H](Cc1cnc[nH]1)c1cocn1. The fourth-order valence-electron chi connectivity index (χ4n) is 1.14. The van der Waals surface area contributed by atoms with Gasteiger partial charge in [-0.05, 0) is 0 Å². The van der Waals surface area contributed by atoms with Gasteiger partial charge >= 0.3 is 0 Å². The Labute approximate surface area is 75.0 Å². The van der Waals surface area contributed by atoms with Crippen LogP contribution in [0, 0.1) is 0 Å². The summed E-state index contributed by atoms with van der Waals surface area (Å²) in [6, 6.07) is -0.140. The summed E-state index contributed by atoms with van der Waals surface area (Å²) >= 11 is 0. The van der Waals surface area contributed by atoms with Crippen LogP contribution in [0.5, 0.6) is 0 Å². The number of rotatable bonds is 3. The molecule has 13 heavy (non-hydrogen) atoms. The lowest BCUT2D eigenvalue weighted by Crippen LogP contribution is -2.13. The lowest BCUT2D eigenvalue weighted by Gasteiger charge is -2.04. The molecular weight excluding hydrogens is 168 g/mol. The second kappa shape index (κ2) is 3.40. The monoisotopic (exact) mass is 178 g/mol. The van der Waals surface area contributed by atoms with Crippen molar-refractivity contribution in [3.05, 3.63) is 36.6 Å². The molecule has 0 saturated carbocycles. The van der Waals surface area contributed by atoms with Crippen molar-refractivity contribution in [3.63, 3.8) is 0 Å². The van der Waals surface area contributed by atoms with Crippen LogP contribution in [-0.4, -0.2) is 15.0 Å². The molecule has 2 heterocycles. The molecule has 5 nitrogen and oxygen atoms in total. The Balaban J connectivity index is 2.04. The molecule has 0 aliphatic rings. The molecule has 0 bridgehead atoms. The molecule has 0 saturated heterocycles. The summed E-state index contributed by atoms with van der Waals surface area (Å²) in [6.07, 6.45) is 7.00. The highest BCUT2D eigenvalue weighted by Crippen LogP contribution is 2.11. The summed E-state index contributed by atoms with van der Waals surface area (Å²) in [5.41, 5.74) is 7.62. The van der Waals surface area contributed by atoms with Crippen LogP contribution in [0.2, 0.25) is 0 Å². The first kappa shape index (κ1) is 8.00. The molecule has 68 valence electrons. The van der Waals surface area contributed by atoms with Crippen molar-refractivity contribution in [2.75, 3.05) is 0 Å². The predicted octanol–water partition coefficient (Wildman–Crippen LogP) is 0.640. The maximum Gasteiger partial charge on any atom is 0.180 e. The van der Waals surface area contributed by atoms with E-state index in [-0.39, 0.29) is 6.04 Å². The first-order valence-electron chi connectivity index (χ1n) is 3.97. The van der Waals surface area contributed by atoms with E-state index in [0.717, 1.165) is 11.4 Å². The van der Waals surface area contributed by atoms with Gasteiger partial charge < -0.3 is 15.1 Å². The average molecular weight is 178 g/mol. The van der Waals surface area contributed by atoms with Gasteiger partial charge in [-0.3, -0.25) is 0 Å². The molecule has 0 spiro atoms. The van der Waals surface area contributed by atoms with Crippen LogP contribution >= 0.6 is 0 Å². The second-order valence-corrected chi connectivity index (χ2v) is 2.80. The highest BCUT2D eigenvalue weighted by atomic mass is 16.3. The van der Waals surface area contributed by atoms with E-state index in [1.807, 2.05) is 0 Å². The third-order valence-corrected chi connectivity index (χ3v) is 1.83. The molecule has 0 unspecified atom stereocenters. The first-order valence-corrected chi connectivity index (χ1v) is 3.97. The van der Waals surface area contributed by atoms with Gasteiger partial charge in [-0.1, -0.05) is 0 Å².